The van der Waals surface area contributed by atoms with Crippen LogP contribution < -0.4 is 17.1 Å². The molecule has 11 nitrogen and oxygen atoms in total. The number of rotatable bonds is 7. The molecule has 2 aliphatic heterocycles. The number of ketones is 1. The van der Waals surface area contributed by atoms with E-state index in [-0.39, 0.29) is 25.3 Å². The van der Waals surface area contributed by atoms with Crippen LogP contribution in [0.1, 0.15) is 20.1 Å². The van der Waals surface area contributed by atoms with Crippen molar-refractivity contribution in [3.05, 3.63) is 31.5 Å². The minimum Gasteiger partial charge on any atom is -0.433 e. The fourth-order valence-electron chi connectivity index (χ4n) is 2.39. The van der Waals surface area contributed by atoms with Crippen LogP contribution in [-0.4, -0.2) is 50.9 Å². The number of hydrogen-bond donors (Lipinski definition) is 0. The second kappa shape index (κ2) is 6.41. The van der Waals surface area contributed by atoms with E-state index in [4.69, 9.17) is 14.2 Å². The van der Waals surface area contributed by atoms with Gasteiger partial charge in [-0.1, -0.05) is 0 Å². The van der Waals surface area contributed by atoms with Gasteiger partial charge in [-0.2, -0.15) is 4.57 Å². The maximum Gasteiger partial charge on any atom is 0.339 e. The molecule has 3 atom stereocenters. The van der Waals surface area contributed by atoms with Gasteiger partial charge in [-0.15, -0.1) is 0 Å². The second-order valence-corrected chi connectivity index (χ2v) is 5.92. The average molecular weight is 355 g/mol. The van der Waals surface area contributed by atoms with E-state index in [1.165, 1.54) is 0 Å². The molecule has 3 heterocycles. The molecule has 2 fully saturated rings. The number of carbonyl (C=O) groups excluding carboxylic acids is 2. The molecule has 11 heteroatoms. The van der Waals surface area contributed by atoms with Gasteiger partial charge in [0.2, 0.25) is 6.23 Å². The molecule has 3 rings (SSSR count). The van der Waals surface area contributed by atoms with Gasteiger partial charge in [0.1, 0.15) is 0 Å². The molecule has 2 saturated heterocycles. The molecule has 3 unspecified atom stereocenters. The first-order chi connectivity index (χ1) is 11.8. The Hall–Kier alpha value is -2.53. The number of nitrogens with zero attached hydrogens (tertiary/aromatic N) is 3. The van der Waals surface area contributed by atoms with E-state index >= 15 is 0 Å². The van der Waals surface area contributed by atoms with Crippen molar-refractivity contribution in [2.24, 2.45) is 0 Å². The van der Waals surface area contributed by atoms with Gasteiger partial charge in [0, 0.05) is 13.8 Å². The molecular weight excluding hydrogens is 338 g/mol. The van der Waals surface area contributed by atoms with E-state index in [0.717, 1.165) is 23.0 Å². The fourth-order valence-corrected chi connectivity index (χ4v) is 2.39. The van der Waals surface area contributed by atoms with Crippen LogP contribution in [-0.2, 0) is 36.9 Å². The van der Waals surface area contributed by atoms with E-state index in [9.17, 15) is 24.0 Å². The molecule has 1 aromatic heterocycles. The molecule has 0 spiro atoms. The summed E-state index contributed by atoms with van der Waals surface area (Å²) < 4.78 is 17.0. The Morgan fingerprint density at radius 2 is 1.44 bits per heavy atom. The maximum absolute atomic E-state index is 12.6. The Balaban J connectivity index is 2.18. The highest BCUT2D eigenvalue weighted by molar-refractivity contribution is 5.81. The number of aromatic nitrogens is 3. The summed E-state index contributed by atoms with van der Waals surface area (Å²) in [7, 11) is 0. The molecular formula is C14H17N3O8. The number of hydrogen-bond acceptors (Lipinski definition) is 8. The summed E-state index contributed by atoms with van der Waals surface area (Å²) in [6.45, 7) is 2.77. The van der Waals surface area contributed by atoms with E-state index in [1.54, 1.807) is 0 Å². The minimum atomic E-state index is -1.74. The molecule has 25 heavy (non-hydrogen) atoms. The van der Waals surface area contributed by atoms with Crippen LogP contribution in [0.2, 0.25) is 0 Å². The zero-order valence-electron chi connectivity index (χ0n) is 13.7. The Bertz CT molecular complexity index is 835. The molecule has 0 aliphatic carbocycles. The van der Waals surface area contributed by atoms with Gasteiger partial charge in [0.05, 0.1) is 38.5 Å². The zero-order chi connectivity index (χ0) is 18.3. The van der Waals surface area contributed by atoms with Crippen LogP contribution in [0.15, 0.2) is 14.4 Å². The number of Topliss-reactive ketones (excluding diaryl/α,β-unsaturated/α-hetero) is 1. The van der Waals surface area contributed by atoms with E-state index < -0.39 is 35.0 Å². The standard InChI is InChI=1S/C14H17N3O8/c1-7(18)11(25-8(2)19)17-13(21)15(3-9-5-23-9)12(20)16(14(17)22)4-10-6-24-10/h9-11H,3-6H2,1-2H3. The smallest absolute Gasteiger partial charge is 0.339 e. The summed E-state index contributed by atoms with van der Waals surface area (Å²) in [5, 5.41) is 0. The number of epoxide rings is 2. The highest BCUT2D eigenvalue weighted by atomic mass is 16.6. The molecule has 0 bridgehead atoms. The number of ether oxygens (including phenoxy) is 3. The van der Waals surface area contributed by atoms with Gasteiger partial charge in [-0.05, 0) is 0 Å². The van der Waals surface area contributed by atoms with Gasteiger partial charge >= 0.3 is 23.0 Å². The van der Waals surface area contributed by atoms with Crippen molar-refractivity contribution >= 4 is 11.8 Å². The first-order valence-corrected chi connectivity index (χ1v) is 7.66. The van der Waals surface area contributed by atoms with Crippen molar-refractivity contribution in [3.63, 3.8) is 0 Å². The SMILES string of the molecule is CC(=O)OC(C(C)=O)n1c(=O)n(CC2CO2)c(=O)n(CC2CO2)c1=O. The molecule has 136 valence electrons. The van der Waals surface area contributed by atoms with Crippen LogP contribution in [0, 0.1) is 0 Å². The molecule has 2 aliphatic rings. The summed E-state index contributed by atoms with van der Waals surface area (Å²) >= 11 is 0. The number of carbonyl (C=O) groups is 2. The predicted molar refractivity (Wildman–Crippen MR) is 80.2 cm³/mol. The Morgan fingerprint density at radius 1 is 1.00 bits per heavy atom. The van der Waals surface area contributed by atoms with Gasteiger partial charge < -0.3 is 14.2 Å². The van der Waals surface area contributed by atoms with Crippen LogP contribution in [0.4, 0.5) is 0 Å². The first kappa shape index (κ1) is 17.3. The Kier molecular flexibility index (Phi) is 4.43. The largest absolute Gasteiger partial charge is 0.433 e. The predicted octanol–water partition coefficient (Wildman–Crippen LogP) is -2.38. The lowest BCUT2D eigenvalue weighted by Gasteiger charge is -2.18. The van der Waals surface area contributed by atoms with Crippen LogP contribution in [0.25, 0.3) is 0 Å². The third-order valence-electron chi connectivity index (χ3n) is 3.77. The Labute approximate surface area is 140 Å². The number of esters is 1. The molecule has 0 radical (unpaired) electrons. The topological polar surface area (TPSA) is 134 Å². The van der Waals surface area contributed by atoms with Crippen molar-refractivity contribution in [1.29, 1.82) is 0 Å². The minimum absolute atomic E-state index is 0.0613. The molecule has 0 N–H and O–H groups in total. The summed E-state index contributed by atoms with van der Waals surface area (Å²) in [4.78, 5) is 60.9. The normalized spacial score (nSPS) is 22.3. The van der Waals surface area contributed by atoms with Crippen LogP contribution in [0.5, 0.6) is 0 Å². The lowest BCUT2D eigenvalue weighted by atomic mass is 10.4. The summed E-state index contributed by atoms with van der Waals surface area (Å²) in [6, 6.07) is 0. The van der Waals surface area contributed by atoms with E-state index in [0.29, 0.717) is 17.8 Å². The quantitative estimate of drug-likeness (QED) is 0.391. The lowest BCUT2D eigenvalue weighted by Crippen LogP contribution is -2.57. The highest BCUT2D eigenvalue weighted by Crippen LogP contribution is 2.11. The van der Waals surface area contributed by atoms with E-state index in [2.05, 4.69) is 0 Å². The van der Waals surface area contributed by atoms with Gasteiger partial charge in [-0.25, -0.2) is 23.5 Å². The maximum atomic E-state index is 12.6. The van der Waals surface area contributed by atoms with Gasteiger partial charge in [0.15, 0.2) is 5.78 Å². The van der Waals surface area contributed by atoms with E-state index in [1.807, 2.05) is 0 Å². The molecule has 1 aromatic rings. The monoisotopic (exact) mass is 355 g/mol. The fraction of sp³-hybridized carbons (Fsp3) is 0.643. The summed E-state index contributed by atoms with van der Waals surface area (Å²) in [5.41, 5.74) is -2.87. The van der Waals surface area contributed by atoms with Crippen molar-refractivity contribution in [1.82, 2.24) is 13.7 Å². The van der Waals surface area contributed by atoms with Gasteiger partial charge in [0.25, 0.3) is 0 Å². The summed E-state index contributed by atoms with van der Waals surface area (Å²) in [6.07, 6.45) is -2.37. The molecule has 0 amide bonds. The third-order valence-corrected chi connectivity index (χ3v) is 3.77. The third kappa shape index (κ3) is 3.61. The zero-order valence-corrected chi connectivity index (χ0v) is 13.7. The average Bonchev–Trinajstić information content (AvgIpc) is 3.42. The van der Waals surface area contributed by atoms with Crippen molar-refractivity contribution in [2.45, 2.75) is 45.4 Å². The molecule has 0 saturated carbocycles. The lowest BCUT2D eigenvalue weighted by molar-refractivity contribution is -0.158. The Morgan fingerprint density at radius 3 is 1.76 bits per heavy atom. The first-order valence-electron chi connectivity index (χ1n) is 7.66. The molecule has 0 aromatic carbocycles. The second-order valence-electron chi connectivity index (χ2n) is 5.92. The van der Waals surface area contributed by atoms with Crippen molar-refractivity contribution in [3.8, 4) is 0 Å². The summed E-state index contributed by atoms with van der Waals surface area (Å²) in [5.74, 6) is -1.57. The highest BCUT2D eigenvalue weighted by Gasteiger charge is 2.32. The van der Waals surface area contributed by atoms with Crippen LogP contribution in [0.3, 0.4) is 0 Å². The van der Waals surface area contributed by atoms with Gasteiger partial charge in [-0.3, -0.25) is 9.59 Å². The van der Waals surface area contributed by atoms with Crippen molar-refractivity contribution < 1.29 is 23.8 Å². The van der Waals surface area contributed by atoms with Crippen LogP contribution >= 0.6 is 0 Å². The van der Waals surface area contributed by atoms with Crippen molar-refractivity contribution in [2.75, 3.05) is 13.2 Å².